The van der Waals surface area contributed by atoms with Gasteiger partial charge < -0.3 is 0 Å². The summed E-state index contributed by atoms with van der Waals surface area (Å²) in [4.78, 5) is 0. The highest BCUT2D eigenvalue weighted by molar-refractivity contribution is 6.39. The molecule has 0 aromatic heterocycles. The van der Waals surface area contributed by atoms with E-state index in [4.69, 9.17) is 0 Å². The van der Waals surface area contributed by atoms with Crippen molar-refractivity contribution in [3.05, 3.63) is 0 Å². The monoisotopic (exact) mass is 193 g/mol. The Balaban J connectivity index is 1.69. The Labute approximate surface area is 89.2 Å². The van der Waals surface area contributed by atoms with Crippen LogP contribution in [-0.4, -0.2) is 15.2 Å². The first-order chi connectivity index (χ1) is 6.45. The fourth-order valence-electron chi connectivity index (χ4n) is 3.04. The maximum atomic E-state index is 1.59. The summed E-state index contributed by atoms with van der Waals surface area (Å²) in [5.74, 6) is 0. The van der Waals surface area contributed by atoms with E-state index in [0.717, 1.165) is 15.2 Å². The molecule has 73 valence electrons. The van der Waals surface area contributed by atoms with E-state index in [1.165, 1.54) is 22.4 Å². The van der Waals surface area contributed by atoms with Gasteiger partial charge in [-0.05, 0) is 0 Å². The Morgan fingerprint density at radius 3 is 1.31 bits per heavy atom. The summed E-state index contributed by atoms with van der Waals surface area (Å²) in [6.45, 7) is 0. The van der Waals surface area contributed by atoms with Gasteiger partial charge in [0.05, 0.1) is 0 Å². The molecule has 2 saturated carbocycles. The Kier molecular flexibility index (Phi) is 4.20. The van der Waals surface area contributed by atoms with Crippen LogP contribution in [0.3, 0.4) is 0 Å². The smallest absolute Gasteiger partial charge is 0.0929 e. The molecule has 2 aliphatic rings. The van der Waals surface area contributed by atoms with Crippen LogP contribution >= 0.6 is 0 Å². The van der Waals surface area contributed by atoms with Crippen LogP contribution in [0, 0.1) is 0 Å². The average molecular weight is 193 g/mol. The highest BCUT2D eigenvalue weighted by Crippen LogP contribution is 2.36. The largest absolute Gasteiger partial charge is 0.210 e. The zero-order chi connectivity index (χ0) is 8.93. The second kappa shape index (κ2) is 5.42. The molecule has 2 fully saturated rings. The Morgan fingerprint density at radius 1 is 0.538 bits per heavy atom. The second-order valence-corrected chi connectivity index (χ2v) is 7.26. The minimum atomic E-state index is 0.825. The predicted octanol–water partition coefficient (Wildman–Crippen LogP) is 4.20. The van der Waals surface area contributed by atoms with Gasteiger partial charge in [-0.15, -0.1) is 0 Å². The quantitative estimate of drug-likeness (QED) is 0.577. The molecule has 0 amide bonds. The first-order valence-corrected chi connectivity index (χ1v) is 7.63. The van der Waals surface area contributed by atoms with Gasteiger partial charge in [0.15, 0.2) is 0 Å². The SMILES string of the molecule is C1CC[CH]([Al][CH]2CCCCC2)CC1. The van der Waals surface area contributed by atoms with Gasteiger partial charge in [0.2, 0.25) is 15.2 Å². The van der Waals surface area contributed by atoms with Crippen LogP contribution in [0.25, 0.3) is 0 Å². The summed E-state index contributed by atoms with van der Waals surface area (Å²) in [5, 5.41) is 0. The van der Waals surface area contributed by atoms with Gasteiger partial charge in [0, 0.05) is 0 Å². The maximum absolute atomic E-state index is 1.59. The van der Waals surface area contributed by atoms with Crippen molar-refractivity contribution < 1.29 is 0 Å². The first kappa shape index (κ1) is 10.1. The van der Waals surface area contributed by atoms with Gasteiger partial charge in [-0.25, -0.2) is 0 Å². The Morgan fingerprint density at radius 2 is 0.923 bits per heavy atom. The average Bonchev–Trinajstić information content (AvgIpc) is 2.21. The third-order valence-corrected chi connectivity index (χ3v) is 6.27. The lowest BCUT2D eigenvalue weighted by molar-refractivity contribution is 0.470. The number of hydrogen-bond donors (Lipinski definition) is 0. The van der Waals surface area contributed by atoms with Crippen molar-refractivity contribution in [1.29, 1.82) is 0 Å². The van der Waals surface area contributed by atoms with Crippen molar-refractivity contribution in [1.82, 2.24) is 0 Å². The summed E-state index contributed by atoms with van der Waals surface area (Å²) < 4.78 is 2.41. The molecule has 0 aromatic rings. The normalized spacial score (nSPS) is 27.4. The first-order valence-electron chi connectivity index (χ1n) is 6.30. The van der Waals surface area contributed by atoms with Crippen molar-refractivity contribution in [3.63, 3.8) is 0 Å². The number of hydrogen-bond acceptors (Lipinski definition) is 0. The van der Waals surface area contributed by atoms with Crippen molar-refractivity contribution in [2.75, 3.05) is 0 Å². The summed E-state index contributed by atoms with van der Waals surface area (Å²) in [6, 6.07) is 0. The molecule has 0 atom stereocenters. The molecule has 0 heterocycles. The lowest BCUT2D eigenvalue weighted by Crippen LogP contribution is -2.16. The Hall–Kier alpha value is 0.532. The standard InChI is InChI=1S/2C6H11.Al/c2*1-2-4-6-5-3-1;/h2*1H,2-6H2;. The van der Waals surface area contributed by atoms with Crippen molar-refractivity contribution in [2.45, 2.75) is 73.8 Å². The zero-order valence-electron chi connectivity index (χ0n) is 8.80. The van der Waals surface area contributed by atoms with E-state index in [1.54, 1.807) is 51.4 Å². The van der Waals surface area contributed by atoms with Crippen LogP contribution in [0.4, 0.5) is 0 Å². The number of rotatable bonds is 2. The van der Waals surface area contributed by atoms with Crippen LogP contribution in [0.1, 0.15) is 64.2 Å². The van der Waals surface area contributed by atoms with Crippen LogP contribution in [-0.2, 0) is 0 Å². The third-order valence-electron chi connectivity index (χ3n) is 3.84. The van der Waals surface area contributed by atoms with Gasteiger partial charge in [0.1, 0.15) is 0 Å². The highest BCUT2D eigenvalue weighted by atomic mass is 27.1. The van der Waals surface area contributed by atoms with Gasteiger partial charge in [-0.2, -0.15) is 0 Å². The second-order valence-electron chi connectivity index (χ2n) is 4.99. The minimum absolute atomic E-state index is 0.825. The zero-order valence-corrected chi connectivity index (χ0v) is 9.96. The molecule has 1 radical (unpaired) electrons. The van der Waals surface area contributed by atoms with Crippen LogP contribution in [0.2, 0.25) is 9.56 Å². The molecule has 1 heteroatoms. The molecule has 0 saturated heterocycles. The molecule has 13 heavy (non-hydrogen) atoms. The van der Waals surface area contributed by atoms with Gasteiger partial charge in [-0.1, -0.05) is 73.8 Å². The van der Waals surface area contributed by atoms with Crippen molar-refractivity contribution in [3.8, 4) is 0 Å². The lowest BCUT2D eigenvalue weighted by atomic mass is 9.99. The predicted molar refractivity (Wildman–Crippen MR) is 59.4 cm³/mol. The fraction of sp³-hybridized carbons (Fsp3) is 1.00. The minimum Gasteiger partial charge on any atom is -0.0929 e. The van der Waals surface area contributed by atoms with E-state index < -0.39 is 0 Å². The third kappa shape index (κ3) is 3.30. The van der Waals surface area contributed by atoms with Crippen molar-refractivity contribution >= 4 is 15.2 Å². The maximum Gasteiger partial charge on any atom is 0.210 e. The molecule has 0 aromatic carbocycles. The topological polar surface area (TPSA) is 0 Å². The summed E-state index contributed by atoms with van der Waals surface area (Å²) in [7, 11) is 0. The molecule has 2 rings (SSSR count). The molecular weight excluding hydrogens is 171 g/mol. The highest BCUT2D eigenvalue weighted by Gasteiger charge is 2.21. The van der Waals surface area contributed by atoms with E-state index in [9.17, 15) is 0 Å². The van der Waals surface area contributed by atoms with E-state index in [2.05, 4.69) is 0 Å². The van der Waals surface area contributed by atoms with Crippen LogP contribution in [0.5, 0.6) is 0 Å². The van der Waals surface area contributed by atoms with Crippen LogP contribution < -0.4 is 0 Å². The summed E-state index contributed by atoms with van der Waals surface area (Å²) in [5.41, 5.74) is 0. The fourth-order valence-corrected chi connectivity index (χ4v) is 5.52. The van der Waals surface area contributed by atoms with Gasteiger partial charge >= 0.3 is 0 Å². The van der Waals surface area contributed by atoms with Gasteiger partial charge in [-0.3, -0.25) is 0 Å². The van der Waals surface area contributed by atoms with Crippen molar-refractivity contribution in [2.24, 2.45) is 0 Å². The molecule has 0 unspecified atom stereocenters. The molecule has 2 aliphatic carbocycles. The van der Waals surface area contributed by atoms with E-state index in [1.807, 2.05) is 0 Å². The molecule has 0 aliphatic heterocycles. The molecule has 0 N–H and O–H groups in total. The molecule has 0 bridgehead atoms. The van der Waals surface area contributed by atoms with Gasteiger partial charge in [0.25, 0.3) is 0 Å². The summed E-state index contributed by atoms with van der Waals surface area (Å²) >= 11 is 0.825. The van der Waals surface area contributed by atoms with Crippen LogP contribution in [0.15, 0.2) is 0 Å². The molecule has 0 spiro atoms. The summed E-state index contributed by atoms with van der Waals surface area (Å²) in [6.07, 6.45) is 15.6. The molecular formula is C12H22Al. The Bertz CT molecular complexity index is 116. The van der Waals surface area contributed by atoms with E-state index in [0.29, 0.717) is 0 Å². The van der Waals surface area contributed by atoms with E-state index in [-0.39, 0.29) is 0 Å². The molecule has 0 nitrogen and oxygen atoms in total. The van der Waals surface area contributed by atoms with E-state index >= 15 is 0 Å². The lowest BCUT2D eigenvalue weighted by Gasteiger charge is -2.27.